The Hall–Kier alpha value is -1.49. The van der Waals surface area contributed by atoms with Gasteiger partial charge < -0.3 is 21.1 Å². The van der Waals surface area contributed by atoms with Crippen LogP contribution in [0.4, 0.5) is 0 Å². The molecule has 0 radical (unpaired) electrons. The lowest BCUT2D eigenvalue weighted by molar-refractivity contribution is -0.132. The van der Waals surface area contributed by atoms with E-state index in [2.05, 4.69) is 16.0 Å². The Morgan fingerprint density at radius 3 is 2.89 bits per heavy atom. The number of aliphatic carboxylic acids is 1. The quantitative estimate of drug-likeness (QED) is 0.583. The molecule has 0 unspecified atom stereocenters. The van der Waals surface area contributed by atoms with Crippen molar-refractivity contribution in [3.63, 3.8) is 0 Å². The Balaban J connectivity index is 1.98. The summed E-state index contributed by atoms with van der Waals surface area (Å²) in [6.45, 7) is 5.33. The van der Waals surface area contributed by atoms with Gasteiger partial charge in [0.2, 0.25) is 0 Å². The van der Waals surface area contributed by atoms with Crippen LogP contribution >= 0.6 is 0 Å². The zero-order valence-electron chi connectivity index (χ0n) is 10.8. The molecule has 5 heteroatoms. The van der Waals surface area contributed by atoms with E-state index < -0.39 is 5.97 Å². The van der Waals surface area contributed by atoms with E-state index in [1.165, 1.54) is 0 Å². The Kier molecular flexibility index (Phi) is 4.25. The van der Waals surface area contributed by atoms with E-state index in [4.69, 9.17) is 5.11 Å². The first kappa shape index (κ1) is 13.0. The highest BCUT2D eigenvalue weighted by atomic mass is 16.4. The molecule has 0 aromatic heterocycles. The number of carboxylic acid groups (broad SMARTS) is 1. The smallest absolute Gasteiger partial charge is 0.335 e. The molecule has 0 amide bonds. The molecule has 0 spiro atoms. The molecule has 100 valence electrons. The second-order valence-electron chi connectivity index (χ2n) is 4.95. The fourth-order valence-corrected chi connectivity index (χ4v) is 2.37. The van der Waals surface area contributed by atoms with Crippen molar-refractivity contribution in [1.29, 1.82) is 0 Å². The Labute approximate surface area is 107 Å². The molecular weight excluding hydrogens is 230 g/mol. The van der Waals surface area contributed by atoms with E-state index >= 15 is 0 Å². The molecule has 2 aliphatic heterocycles. The van der Waals surface area contributed by atoms with Gasteiger partial charge in [0.15, 0.2) is 0 Å². The van der Waals surface area contributed by atoms with Gasteiger partial charge in [0.05, 0.1) is 5.57 Å². The molecule has 4 N–H and O–H groups in total. The maximum atomic E-state index is 11.1. The first-order chi connectivity index (χ1) is 8.66. The van der Waals surface area contributed by atoms with Crippen LogP contribution in [0.25, 0.3) is 0 Å². The van der Waals surface area contributed by atoms with Crippen molar-refractivity contribution >= 4 is 5.97 Å². The van der Waals surface area contributed by atoms with Gasteiger partial charge in [-0.05, 0) is 44.8 Å². The number of allylic oxidation sites excluding steroid dienone is 2. The highest BCUT2D eigenvalue weighted by Gasteiger charge is 2.19. The van der Waals surface area contributed by atoms with E-state index in [9.17, 15) is 4.79 Å². The SMILES string of the molecule is CC1=CC(NCC2CCNCC2)=C(C(=O)O)CN1. The normalized spacial score (nSPS) is 21.3. The molecule has 0 aromatic rings. The lowest BCUT2D eigenvalue weighted by Gasteiger charge is -2.25. The lowest BCUT2D eigenvalue weighted by Crippen LogP contribution is -2.35. The molecule has 0 bridgehead atoms. The third kappa shape index (κ3) is 3.26. The minimum atomic E-state index is -0.848. The van der Waals surface area contributed by atoms with Gasteiger partial charge >= 0.3 is 5.97 Å². The van der Waals surface area contributed by atoms with Crippen molar-refractivity contribution in [2.45, 2.75) is 19.8 Å². The van der Waals surface area contributed by atoms with Crippen LogP contribution in [0.15, 0.2) is 23.0 Å². The van der Waals surface area contributed by atoms with Crippen LogP contribution in [0.5, 0.6) is 0 Å². The van der Waals surface area contributed by atoms with Gasteiger partial charge in [-0.25, -0.2) is 4.79 Å². The topological polar surface area (TPSA) is 73.4 Å². The van der Waals surface area contributed by atoms with Gasteiger partial charge in [-0.1, -0.05) is 0 Å². The Morgan fingerprint density at radius 2 is 2.22 bits per heavy atom. The fraction of sp³-hybridized carbons (Fsp3) is 0.615. The molecule has 0 atom stereocenters. The number of hydrogen-bond donors (Lipinski definition) is 4. The standard InChI is InChI=1S/C13H21N3O2/c1-9-6-12(11(8-15-9)13(17)18)16-7-10-2-4-14-5-3-10/h6,10,14-16H,2-5,7-8H2,1H3,(H,17,18). The first-order valence-electron chi connectivity index (χ1n) is 6.50. The molecule has 2 heterocycles. The maximum absolute atomic E-state index is 11.1. The summed E-state index contributed by atoms with van der Waals surface area (Å²) in [5, 5.41) is 18.8. The predicted octanol–water partition coefficient (Wildman–Crippen LogP) is 0.421. The first-order valence-corrected chi connectivity index (χ1v) is 6.50. The van der Waals surface area contributed by atoms with Crippen molar-refractivity contribution in [2.75, 3.05) is 26.2 Å². The second kappa shape index (κ2) is 5.91. The number of carboxylic acids is 1. The van der Waals surface area contributed by atoms with Crippen LogP contribution < -0.4 is 16.0 Å². The summed E-state index contributed by atoms with van der Waals surface area (Å²) in [7, 11) is 0. The van der Waals surface area contributed by atoms with Crippen LogP contribution in [0.2, 0.25) is 0 Å². The molecule has 0 saturated carbocycles. The Morgan fingerprint density at radius 1 is 1.50 bits per heavy atom. The summed E-state index contributed by atoms with van der Waals surface area (Å²) >= 11 is 0. The van der Waals surface area contributed by atoms with E-state index in [-0.39, 0.29) is 0 Å². The summed E-state index contributed by atoms with van der Waals surface area (Å²) in [6, 6.07) is 0. The number of hydrogen-bond acceptors (Lipinski definition) is 4. The van der Waals surface area contributed by atoms with Crippen LogP contribution in [0, 0.1) is 5.92 Å². The summed E-state index contributed by atoms with van der Waals surface area (Å²) in [4.78, 5) is 11.1. The van der Waals surface area contributed by atoms with Crippen LogP contribution in [0.3, 0.4) is 0 Å². The van der Waals surface area contributed by atoms with Crippen molar-refractivity contribution < 1.29 is 9.90 Å². The number of dihydropyridines is 1. The highest BCUT2D eigenvalue weighted by Crippen LogP contribution is 2.14. The average Bonchev–Trinajstić information content (AvgIpc) is 2.37. The van der Waals surface area contributed by atoms with E-state index in [0.717, 1.165) is 43.9 Å². The molecule has 0 aliphatic carbocycles. The van der Waals surface area contributed by atoms with E-state index in [1.807, 2.05) is 13.0 Å². The molecular formula is C13H21N3O2. The van der Waals surface area contributed by atoms with Gasteiger partial charge in [-0.15, -0.1) is 0 Å². The second-order valence-corrected chi connectivity index (χ2v) is 4.95. The zero-order valence-corrected chi connectivity index (χ0v) is 10.8. The van der Waals surface area contributed by atoms with Crippen molar-refractivity contribution in [3.8, 4) is 0 Å². The predicted molar refractivity (Wildman–Crippen MR) is 70.0 cm³/mol. The monoisotopic (exact) mass is 251 g/mol. The number of nitrogens with one attached hydrogen (secondary N) is 3. The van der Waals surface area contributed by atoms with Gasteiger partial charge in [-0.2, -0.15) is 0 Å². The number of rotatable bonds is 4. The lowest BCUT2D eigenvalue weighted by atomic mass is 9.98. The highest BCUT2D eigenvalue weighted by molar-refractivity contribution is 5.89. The van der Waals surface area contributed by atoms with Crippen LogP contribution in [-0.2, 0) is 4.79 Å². The third-order valence-corrected chi connectivity index (χ3v) is 3.53. The van der Waals surface area contributed by atoms with Gasteiger partial charge in [0, 0.05) is 24.5 Å². The van der Waals surface area contributed by atoms with Crippen molar-refractivity contribution in [3.05, 3.63) is 23.0 Å². The molecule has 5 nitrogen and oxygen atoms in total. The Bertz CT molecular complexity index is 382. The average molecular weight is 251 g/mol. The third-order valence-electron chi connectivity index (χ3n) is 3.53. The van der Waals surface area contributed by atoms with Crippen molar-refractivity contribution in [2.24, 2.45) is 5.92 Å². The molecule has 0 aromatic carbocycles. The van der Waals surface area contributed by atoms with E-state index in [1.54, 1.807) is 0 Å². The summed E-state index contributed by atoms with van der Waals surface area (Å²) < 4.78 is 0. The van der Waals surface area contributed by atoms with Gasteiger partial charge in [-0.3, -0.25) is 0 Å². The molecule has 18 heavy (non-hydrogen) atoms. The summed E-state index contributed by atoms with van der Waals surface area (Å²) in [5.74, 6) is -0.212. The molecule has 2 aliphatic rings. The molecule has 1 saturated heterocycles. The molecule has 1 fully saturated rings. The minimum absolute atomic E-state index is 0.395. The molecule has 2 rings (SSSR count). The maximum Gasteiger partial charge on any atom is 0.335 e. The summed E-state index contributed by atoms with van der Waals surface area (Å²) in [6.07, 6.45) is 4.20. The van der Waals surface area contributed by atoms with Crippen LogP contribution in [0.1, 0.15) is 19.8 Å². The summed E-state index contributed by atoms with van der Waals surface area (Å²) in [5.41, 5.74) is 2.19. The zero-order chi connectivity index (χ0) is 13.0. The van der Waals surface area contributed by atoms with Gasteiger partial charge in [0.25, 0.3) is 0 Å². The fourth-order valence-electron chi connectivity index (χ4n) is 2.37. The number of carbonyl (C=O) groups is 1. The van der Waals surface area contributed by atoms with E-state index in [0.29, 0.717) is 18.0 Å². The minimum Gasteiger partial charge on any atom is -0.478 e. The van der Waals surface area contributed by atoms with Crippen molar-refractivity contribution in [1.82, 2.24) is 16.0 Å². The largest absolute Gasteiger partial charge is 0.478 e. The van der Waals surface area contributed by atoms with Gasteiger partial charge in [0.1, 0.15) is 0 Å². The van der Waals surface area contributed by atoms with Crippen LogP contribution in [-0.4, -0.2) is 37.3 Å². The number of piperidine rings is 1.